The van der Waals surface area contributed by atoms with E-state index in [9.17, 15) is 13.2 Å². The average Bonchev–Trinajstić information content (AvgIpc) is 2.69. The van der Waals surface area contributed by atoms with Crippen LogP contribution in [-0.2, 0) is 14.8 Å². The van der Waals surface area contributed by atoms with Gasteiger partial charge >= 0.3 is 0 Å². The highest BCUT2D eigenvalue weighted by Gasteiger charge is 2.20. The minimum absolute atomic E-state index is 0.119. The number of benzene rings is 2. The van der Waals surface area contributed by atoms with Crippen molar-refractivity contribution in [1.29, 1.82) is 0 Å². The Morgan fingerprint density at radius 1 is 1.10 bits per heavy atom. The van der Waals surface area contributed by atoms with Gasteiger partial charge in [-0.25, -0.2) is 12.7 Å². The largest absolute Gasteiger partial charge is 0.486 e. The second-order valence-electron chi connectivity index (χ2n) is 6.84. The summed E-state index contributed by atoms with van der Waals surface area (Å²) in [5.41, 5.74) is 1.98. The normalized spacial score (nSPS) is 13.3. The van der Waals surface area contributed by atoms with Crippen LogP contribution in [0.1, 0.15) is 11.1 Å². The van der Waals surface area contributed by atoms with Crippen LogP contribution in [0.15, 0.2) is 35.2 Å². The SMILES string of the molecule is Cc1cc(S(=O)(=O)N(C)C)cc(NC(=O)COc2ccc3c(c2)OCCO3)c1C. The number of aryl methyl sites for hydroxylation is 1. The molecule has 0 fully saturated rings. The molecule has 0 saturated carbocycles. The molecule has 0 saturated heterocycles. The van der Waals surface area contributed by atoms with Crippen LogP contribution >= 0.6 is 0 Å². The van der Waals surface area contributed by atoms with Gasteiger partial charge in [-0.05, 0) is 49.2 Å². The fraction of sp³-hybridized carbons (Fsp3) is 0.350. The van der Waals surface area contributed by atoms with Crippen molar-refractivity contribution in [3.8, 4) is 17.2 Å². The molecule has 0 spiro atoms. The van der Waals surface area contributed by atoms with Gasteiger partial charge in [0.2, 0.25) is 10.0 Å². The molecule has 1 aliphatic heterocycles. The van der Waals surface area contributed by atoms with Crippen molar-refractivity contribution in [2.45, 2.75) is 18.7 Å². The Morgan fingerprint density at radius 3 is 2.48 bits per heavy atom. The Hall–Kier alpha value is -2.78. The number of nitrogens with one attached hydrogen (secondary N) is 1. The Morgan fingerprint density at radius 2 is 1.79 bits per heavy atom. The van der Waals surface area contributed by atoms with Crippen molar-refractivity contribution in [2.75, 3.05) is 39.2 Å². The number of ether oxygens (including phenoxy) is 3. The summed E-state index contributed by atoms with van der Waals surface area (Å²) in [6.07, 6.45) is 0. The number of nitrogens with zero attached hydrogens (tertiary/aromatic N) is 1. The van der Waals surface area contributed by atoms with E-state index in [0.29, 0.717) is 36.1 Å². The van der Waals surface area contributed by atoms with E-state index in [1.54, 1.807) is 31.2 Å². The summed E-state index contributed by atoms with van der Waals surface area (Å²) >= 11 is 0. The van der Waals surface area contributed by atoms with E-state index < -0.39 is 15.9 Å². The van der Waals surface area contributed by atoms with Crippen molar-refractivity contribution < 1.29 is 27.4 Å². The van der Waals surface area contributed by atoms with Crippen LogP contribution in [0.4, 0.5) is 5.69 Å². The molecule has 0 bridgehead atoms. The first kappa shape index (κ1) is 20.9. The molecular formula is C20H24N2O6S. The van der Waals surface area contributed by atoms with Crippen LogP contribution in [0.25, 0.3) is 0 Å². The predicted octanol–water partition coefficient (Wildman–Crippen LogP) is 2.34. The lowest BCUT2D eigenvalue weighted by Crippen LogP contribution is -2.24. The maximum Gasteiger partial charge on any atom is 0.262 e. The predicted molar refractivity (Wildman–Crippen MR) is 108 cm³/mol. The lowest BCUT2D eigenvalue weighted by molar-refractivity contribution is -0.118. The third kappa shape index (κ3) is 4.63. The Balaban J connectivity index is 1.71. The van der Waals surface area contributed by atoms with Crippen LogP contribution in [-0.4, -0.2) is 52.5 Å². The van der Waals surface area contributed by atoms with E-state index in [4.69, 9.17) is 14.2 Å². The molecule has 9 heteroatoms. The molecule has 0 aliphatic carbocycles. The molecule has 8 nitrogen and oxygen atoms in total. The summed E-state index contributed by atoms with van der Waals surface area (Å²) in [4.78, 5) is 12.5. The number of hydrogen-bond acceptors (Lipinski definition) is 6. The number of sulfonamides is 1. The quantitative estimate of drug-likeness (QED) is 0.771. The summed E-state index contributed by atoms with van der Waals surface area (Å²) < 4.78 is 42.5. The lowest BCUT2D eigenvalue weighted by Gasteiger charge is -2.19. The van der Waals surface area contributed by atoms with Gasteiger partial charge in [-0.3, -0.25) is 4.79 Å². The minimum atomic E-state index is -3.61. The molecule has 0 atom stereocenters. The highest BCUT2D eigenvalue weighted by molar-refractivity contribution is 7.89. The van der Waals surface area contributed by atoms with Crippen LogP contribution in [0, 0.1) is 13.8 Å². The molecule has 156 valence electrons. The maximum absolute atomic E-state index is 12.4. The zero-order valence-electron chi connectivity index (χ0n) is 16.8. The Labute approximate surface area is 170 Å². The van der Waals surface area contributed by atoms with Gasteiger partial charge in [-0.2, -0.15) is 0 Å². The first-order valence-corrected chi connectivity index (χ1v) is 10.5. The van der Waals surface area contributed by atoms with Gasteiger partial charge in [0.25, 0.3) is 5.91 Å². The van der Waals surface area contributed by atoms with Crippen LogP contribution in [0.5, 0.6) is 17.2 Å². The zero-order chi connectivity index (χ0) is 21.2. The number of rotatable bonds is 6. The van der Waals surface area contributed by atoms with Gasteiger partial charge in [0, 0.05) is 25.8 Å². The lowest BCUT2D eigenvalue weighted by atomic mass is 10.1. The molecule has 0 unspecified atom stereocenters. The summed E-state index contributed by atoms with van der Waals surface area (Å²) in [5, 5.41) is 2.73. The summed E-state index contributed by atoms with van der Waals surface area (Å²) in [5.74, 6) is 1.28. The van der Waals surface area contributed by atoms with E-state index in [-0.39, 0.29) is 11.5 Å². The summed E-state index contributed by atoms with van der Waals surface area (Å²) in [7, 11) is -0.689. The molecular weight excluding hydrogens is 396 g/mol. The Kier molecular flexibility index (Phi) is 5.99. The van der Waals surface area contributed by atoms with Crippen molar-refractivity contribution in [1.82, 2.24) is 4.31 Å². The fourth-order valence-electron chi connectivity index (χ4n) is 2.76. The molecule has 0 radical (unpaired) electrons. The molecule has 1 amide bonds. The number of amides is 1. The third-order valence-corrected chi connectivity index (χ3v) is 6.37. The highest BCUT2D eigenvalue weighted by atomic mass is 32.2. The van der Waals surface area contributed by atoms with Gasteiger partial charge in [0.1, 0.15) is 19.0 Å². The molecule has 29 heavy (non-hydrogen) atoms. The number of anilines is 1. The highest BCUT2D eigenvalue weighted by Crippen LogP contribution is 2.33. The first-order chi connectivity index (χ1) is 13.7. The van der Waals surface area contributed by atoms with E-state index in [1.807, 2.05) is 6.92 Å². The van der Waals surface area contributed by atoms with E-state index in [2.05, 4.69) is 5.32 Å². The summed E-state index contributed by atoms with van der Waals surface area (Å²) in [6.45, 7) is 4.34. The smallest absolute Gasteiger partial charge is 0.262 e. The van der Waals surface area contributed by atoms with Gasteiger partial charge in [-0.1, -0.05) is 0 Å². The van der Waals surface area contributed by atoms with Crippen LogP contribution in [0.2, 0.25) is 0 Å². The Bertz CT molecular complexity index is 1030. The second kappa shape index (κ2) is 8.30. The van der Waals surface area contributed by atoms with E-state index in [0.717, 1.165) is 15.4 Å². The molecule has 1 N–H and O–H groups in total. The maximum atomic E-state index is 12.4. The second-order valence-corrected chi connectivity index (χ2v) is 8.99. The van der Waals surface area contributed by atoms with Crippen molar-refractivity contribution in [3.05, 3.63) is 41.5 Å². The van der Waals surface area contributed by atoms with Crippen molar-refractivity contribution in [3.63, 3.8) is 0 Å². The number of carbonyl (C=O) groups is 1. The van der Waals surface area contributed by atoms with Crippen molar-refractivity contribution in [2.24, 2.45) is 0 Å². The van der Waals surface area contributed by atoms with Crippen LogP contribution < -0.4 is 19.5 Å². The monoisotopic (exact) mass is 420 g/mol. The summed E-state index contributed by atoms with van der Waals surface area (Å²) in [6, 6.07) is 8.14. The third-order valence-electron chi connectivity index (χ3n) is 4.58. The van der Waals surface area contributed by atoms with Gasteiger partial charge in [-0.15, -0.1) is 0 Å². The number of hydrogen-bond donors (Lipinski definition) is 1. The number of carbonyl (C=O) groups excluding carboxylic acids is 1. The zero-order valence-corrected chi connectivity index (χ0v) is 17.6. The molecule has 1 heterocycles. The fourth-order valence-corrected chi connectivity index (χ4v) is 3.78. The topological polar surface area (TPSA) is 94.2 Å². The molecule has 3 rings (SSSR count). The van der Waals surface area contributed by atoms with Crippen LogP contribution in [0.3, 0.4) is 0 Å². The standard InChI is InChI=1S/C20H24N2O6S/c1-13-9-16(29(24,25)22(3)4)11-17(14(13)2)21-20(23)12-28-15-5-6-18-19(10-15)27-8-7-26-18/h5-6,9-11H,7-8,12H2,1-4H3,(H,21,23). The van der Waals surface area contributed by atoms with Gasteiger partial charge in [0.05, 0.1) is 4.90 Å². The van der Waals surface area contributed by atoms with Gasteiger partial charge < -0.3 is 19.5 Å². The van der Waals surface area contributed by atoms with Crippen molar-refractivity contribution >= 4 is 21.6 Å². The minimum Gasteiger partial charge on any atom is -0.486 e. The van der Waals surface area contributed by atoms with E-state index in [1.165, 1.54) is 20.2 Å². The number of fused-ring (bicyclic) bond motifs is 1. The van der Waals surface area contributed by atoms with Gasteiger partial charge in [0.15, 0.2) is 18.1 Å². The molecule has 2 aromatic rings. The molecule has 1 aliphatic rings. The van der Waals surface area contributed by atoms with E-state index >= 15 is 0 Å². The molecule has 2 aromatic carbocycles. The average molecular weight is 420 g/mol. The molecule has 0 aromatic heterocycles. The first-order valence-electron chi connectivity index (χ1n) is 9.04.